The SMILES string of the molecule is CC(Cl)c1nc2cc(Cl)c(Cl)cc2n1-c1cccc(Br)c1. The summed E-state index contributed by atoms with van der Waals surface area (Å²) in [6.45, 7) is 1.89. The van der Waals surface area contributed by atoms with E-state index in [2.05, 4.69) is 20.9 Å². The van der Waals surface area contributed by atoms with Crippen molar-refractivity contribution in [3.63, 3.8) is 0 Å². The van der Waals surface area contributed by atoms with Crippen molar-refractivity contribution in [3.05, 3.63) is 56.7 Å². The highest BCUT2D eigenvalue weighted by Gasteiger charge is 2.17. The average Bonchev–Trinajstić information content (AvgIpc) is 2.78. The van der Waals surface area contributed by atoms with Crippen LogP contribution in [0.5, 0.6) is 0 Å². The van der Waals surface area contributed by atoms with E-state index >= 15 is 0 Å². The van der Waals surface area contributed by atoms with Gasteiger partial charge in [0.15, 0.2) is 0 Å². The van der Waals surface area contributed by atoms with Gasteiger partial charge in [-0.25, -0.2) is 4.98 Å². The maximum absolute atomic E-state index is 6.29. The Bertz CT molecular complexity index is 827. The van der Waals surface area contributed by atoms with Crippen molar-refractivity contribution in [1.29, 1.82) is 0 Å². The van der Waals surface area contributed by atoms with Crippen LogP contribution in [0.2, 0.25) is 10.0 Å². The summed E-state index contributed by atoms with van der Waals surface area (Å²) >= 11 is 22.0. The third-order valence-electron chi connectivity index (χ3n) is 3.14. The third-order valence-corrected chi connectivity index (χ3v) is 4.56. The quantitative estimate of drug-likeness (QED) is 0.452. The van der Waals surface area contributed by atoms with Crippen molar-refractivity contribution >= 4 is 61.8 Å². The Morgan fingerprint density at radius 2 is 1.86 bits per heavy atom. The fourth-order valence-corrected chi connectivity index (χ4v) is 3.09. The zero-order valence-corrected chi connectivity index (χ0v) is 14.8. The zero-order chi connectivity index (χ0) is 15.1. The summed E-state index contributed by atoms with van der Waals surface area (Å²) in [5.41, 5.74) is 2.62. The summed E-state index contributed by atoms with van der Waals surface area (Å²) in [6.07, 6.45) is 0. The van der Waals surface area contributed by atoms with Crippen LogP contribution in [0.3, 0.4) is 0 Å². The van der Waals surface area contributed by atoms with Crippen LogP contribution in [-0.4, -0.2) is 9.55 Å². The van der Waals surface area contributed by atoms with Crippen molar-refractivity contribution in [2.45, 2.75) is 12.3 Å². The first-order valence-corrected chi connectivity index (χ1v) is 8.23. The highest BCUT2D eigenvalue weighted by atomic mass is 79.9. The molecule has 6 heteroatoms. The van der Waals surface area contributed by atoms with Gasteiger partial charge in [-0.05, 0) is 37.3 Å². The van der Waals surface area contributed by atoms with E-state index in [9.17, 15) is 0 Å². The maximum atomic E-state index is 6.29. The van der Waals surface area contributed by atoms with E-state index in [1.54, 1.807) is 6.07 Å². The van der Waals surface area contributed by atoms with Crippen LogP contribution in [0.4, 0.5) is 0 Å². The number of rotatable bonds is 2. The van der Waals surface area contributed by atoms with Gasteiger partial charge >= 0.3 is 0 Å². The first-order valence-electron chi connectivity index (χ1n) is 6.25. The Morgan fingerprint density at radius 3 is 2.52 bits per heavy atom. The number of hydrogen-bond donors (Lipinski definition) is 0. The van der Waals surface area contributed by atoms with Crippen LogP contribution in [-0.2, 0) is 0 Å². The Morgan fingerprint density at radius 1 is 1.14 bits per heavy atom. The number of alkyl halides is 1. The fraction of sp³-hybridized carbons (Fsp3) is 0.133. The van der Waals surface area contributed by atoms with Gasteiger partial charge in [-0.3, -0.25) is 4.57 Å². The molecule has 0 spiro atoms. The van der Waals surface area contributed by atoms with E-state index < -0.39 is 0 Å². The summed E-state index contributed by atoms with van der Waals surface area (Å²) in [6, 6.07) is 11.5. The molecule has 1 aromatic heterocycles. The van der Waals surface area contributed by atoms with Gasteiger partial charge in [0.25, 0.3) is 0 Å². The van der Waals surface area contributed by atoms with Crippen molar-refractivity contribution in [1.82, 2.24) is 9.55 Å². The number of fused-ring (bicyclic) bond motifs is 1. The molecule has 21 heavy (non-hydrogen) atoms. The van der Waals surface area contributed by atoms with Gasteiger partial charge in [0.05, 0.1) is 26.5 Å². The highest BCUT2D eigenvalue weighted by Crippen LogP contribution is 2.33. The molecular weight excluding hydrogens is 394 g/mol. The summed E-state index contributed by atoms with van der Waals surface area (Å²) in [5, 5.41) is 0.736. The van der Waals surface area contributed by atoms with Crippen LogP contribution < -0.4 is 0 Å². The average molecular weight is 405 g/mol. The first-order chi connectivity index (χ1) is 9.97. The Kier molecular flexibility index (Phi) is 4.19. The minimum absolute atomic E-state index is 0.242. The summed E-state index contributed by atoms with van der Waals surface area (Å²) in [5.74, 6) is 0.753. The van der Waals surface area contributed by atoms with Gasteiger partial charge in [0.1, 0.15) is 5.82 Å². The van der Waals surface area contributed by atoms with E-state index in [1.165, 1.54) is 0 Å². The number of halogens is 4. The molecule has 108 valence electrons. The van der Waals surface area contributed by atoms with Gasteiger partial charge in [0, 0.05) is 10.2 Å². The minimum atomic E-state index is -0.242. The van der Waals surface area contributed by atoms with Crippen LogP contribution in [0, 0.1) is 0 Å². The summed E-state index contributed by atoms with van der Waals surface area (Å²) < 4.78 is 2.98. The number of imidazole rings is 1. The fourth-order valence-electron chi connectivity index (χ4n) is 2.24. The molecule has 0 aliphatic rings. The largest absolute Gasteiger partial charge is 0.295 e. The standard InChI is InChI=1S/C15H10BrCl3N2/c1-8(17)15-20-13-6-11(18)12(19)7-14(13)21(15)10-4-2-3-9(16)5-10/h2-8H,1H3. The highest BCUT2D eigenvalue weighted by molar-refractivity contribution is 9.10. The van der Waals surface area contributed by atoms with E-state index in [1.807, 2.05) is 41.8 Å². The Hall–Kier alpha value is -0.740. The van der Waals surface area contributed by atoms with Crippen molar-refractivity contribution in [2.24, 2.45) is 0 Å². The lowest BCUT2D eigenvalue weighted by molar-refractivity contribution is 0.882. The normalized spacial score (nSPS) is 12.8. The van der Waals surface area contributed by atoms with Gasteiger partial charge in [-0.2, -0.15) is 0 Å². The maximum Gasteiger partial charge on any atom is 0.132 e. The molecule has 0 aliphatic carbocycles. The van der Waals surface area contributed by atoms with Gasteiger partial charge in [0.2, 0.25) is 0 Å². The molecule has 1 heterocycles. The second kappa shape index (κ2) is 5.81. The molecular formula is C15H10BrCl3N2. The molecule has 0 saturated carbocycles. The van der Waals surface area contributed by atoms with Crippen molar-refractivity contribution in [3.8, 4) is 5.69 Å². The van der Waals surface area contributed by atoms with Crippen molar-refractivity contribution < 1.29 is 0 Å². The van der Waals surface area contributed by atoms with Crippen LogP contribution in [0.25, 0.3) is 16.7 Å². The molecule has 1 atom stereocenters. The zero-order valence-electron chi connectivity index (χ0n) is 10.9. The van der Waals surface area contributed by atoms with Gasteiger partial charge < -0.3 is 0 Å². The smallest absolute Gasteiger partial charge is 0.132 e. The summed E-state index contributed by atoms with van der Waals surface area (Å²) in [7, 11) is 0. The Labute approximate surface area is 145 Å². The number of aromatic nitrogens is 2. The minimum Gasteiger partial charge on any atom is -0.295 e. The van der Waals surface area contributed by atoms with E-state index in [0.717, 1.165) is 27.0 Å². The monoisotopic (exact) mass is 402 g/mol. The molecule has 0 aliphatic heterocycles. The molecule has 0 bridgehead atoms. The first kappa shape index (κ1) is 15.2. The van der Waals surface area contributed by atoms with E-state index in [-0.39, 0.29) is 5.38 Å². The van der Waals surface area contributed by atoms with Crippen LogP contribution >= 0.6 is 50.7 Å². The molecule has 2 nitrogen and oxygen atoms in total. The second-order valence-electron chi connectivity index (χ2n) is 4.66. The molecule has 1 unspecified atom stereocenters. The molecule has 0 fully saturated rings. The molecule has 3 aromatic rings. The lowest BCUT2D eigenvalue weighted by Gasteiger charge is -2.11. The number of nitrogens with zero attached hydrogens (tertiary/aromatic N) is 2. The van der Waals surface area contributed by atoms with Gasteiger partial charge in [-0.15, -0.1) is 11.6 Å². The molecule has 0 saturated heterocycles. The predicted molar refractivity (Wildman–Crippen MR) is 93.1 cm³/mol. The Balaban J connectivity index is 2.38. The van der Waals surface area contributed by atoms with Crippen LogP contribution in [0.1, 0.15) is 18.1 Å². The molecule has 3 rings (SSSR count). The van der Waals surface area contributed by atoms with Crippen molar-refractivity contribution in [2.75, 3.05) is 0 Å². The third kappa shape index (κ3) is 2.80. The number of benzene rings is 2. The lowest BCUT2D eigenvalue weighted by atomic mass is 10.2. The number of hydrogen-bond acceptors (Lipinski definition) is 1. The second-order valence-corrected chi connectivity index (χ2v) is 7.04. The molecule has 0 amide bonds. The summed E-state index contributed by atoms with van der Waals surface area (Å²) in [4.78, 5) is 4.59. The molecule has 0 N–H and O–H groups in total. The van der Waals surface area contributed by atoms with E-state index in [0.29, 0.717) is 10.0 Å². The topological polar surface area (TPSA) is 17.8 Å². The molecule has 2 aromatic carbocycles. The molecule has 0 radical (unpaired) electrons. The predicted octanol–water partition coefficient (Wildman–Crippen LogP) is 6.39. The van der Waals surface area contributed by atoms with E-state index in [4.69, 9.17) is 34.8 Å². The van der Waals surface area contributed by atoms with Crippen LogP contribution in [0.15, 0.2) is 40.9 Å². The van der Waals surface area contributed by atoms with Gasteiger partial charge in [-0.1, -0.05) is 45.2 Å². The lowest BCUT2D eigenvalue weighted by Crippen LogP contribution is -2.01.